The number of hydrogen-bond donors (Lipinski definition) is 0. The third-order valence-electron chi connectivity index (χ3n) is 4.04. The lowest BCUT2D eigenvalue weighted by atomic mass is 10.0. The molecule has 6 nitrogen and oxygen atoms in total. The van der Waals surface area contributed by atoms with Crippen LogP contribution in [0.1, 0.15) is 19.4 Å². The third-order valence-corrected chi connectivity index (χ3v) is 4.04. The molecule has 1 amide bonds. The maximum Gasteiger partial charge on any atom is 0.273 e. The van der Waals surface area contributed by atoms with Gasteiger partial charge in [0.05, 0.1) is 23.2 Å². The Kier molecular flexibility index (Phi) is 4.39. The topological polar surface area (TPSA) is 72.7 Å². The first-order chi connectivity index (χ1) is 11.9. The molecule has 0 aromatic heterocycles. The molecule has 0 bridgehead atoms. The summed E-state index contributed by atoms with van der Waals surface area (Å²) in [7, 11) is 0. The van der Waals surface area contributed by atoms with E-state index >= 15 is 0 Å². The Bertz CT molecular complexity index is 838. The smallest absolute Gasteiger partial charge is 0.273 e. The number of carbonyl (C=O) groups excluding carboxylic acids is 1. The van der Waals surface area contributed by atoms with Crippen molar-refractivity contribution in [2.24, 2.45) is 5.92 Å². The van der Waals surface area contributed by atoms with Gasteiger partial charge in [0.15, 0.2) is 11.9 Å². The van der Waals surface area contributed by atoms with Gasteiger partial charge in [-0.25, -0.2) is 4.39 Å². The van der Waals surface area contributed by atoms with Gasteiger partial charge < -0.3 is 9.64 Å². The Labute approximate surface area is 144 Å². The van der Waals surface area contributed by atoms with E-state index in [0.717, 1.165) is 0 Å². The van der Waals surface area contributed by atoms with Gasteiger partial charge in [-0.05, 0) is 29.7 Å². The number of amides is 1. The Balaban J connectivity index is 2.03. The minimum absolute atomic E-state index is 0.110. The monoisotopic (exact) mass is 344 g/mol. The highest BCUT2D eigenvalue weighted by atomic mass is 19.1. The van der Waals surface area contributed by atoms with Crippen molar-refractivity contribution in [3.05, 3.63) is 64.0 Å². The molecule has 130 valence electrons. The molecule has 0 N–H and O–H groups in total. The lowest BCUT2D eigenvalue weighted by Gasteiger charge is -2.36. The second kappa shape index (κ2) is 6.51. The number of hydrogen-bond acceptors (Lipinski definition) is 4. The van der Waals surface area contributed by atoms with E-state index < -0.39 is 11.0 Å². The number of benzene rings is 2. The lowest BCUT2D eigenvalue weighted by molar-refractivity contribution is -0.384. The normalized spacial score (nSPS) is 16.6. The number of nitrogens with zero attached hydrogens (tertiary/aromatic N) is 2. The molecular weight excluding hydrogens is 327 g/mol. The van der Waals surface area contributed by atoms with E-state index in [4.69, 9.17) is 4.74 Å². The minimum atomic E-state index is -0.747. The second-order valence-electron chi connectivity index (χ2n) is 6.25. The molecule has 2 aromatic carbocycles. The van der Waals surface area contributed by atoms with E-state index in [1.807, 2.05) is 13.8 Å². The lowest BCUT2D eigenvalue weighted by Crippen LogP contribution is -2.48. The molecular formula is C18H17FN2O4. The fraction of sp³-hybridized carbons (Fsp3) is 0.278. The van der Waals surface area contributed by atoms with E-state index in [1.165, 1.54) is 35.2 Å². The zero-order chi connectivity index (χ0) is 18.1. The van der Waals surface area contributed by atoms with Gasteiger partial charge >= 0.3 is 0 Å². The maximum atomic E-state index is 13.5. The molecule has 0 saturated carbocycles. The fourth-order valence-electron chi connectivity index (χ4n) is 2.80. The summed E-state index contributed by atoms with van der Waals surface area (Å²) in [5.74, 6) is -0.470. The van der Waals surface area contributed by atoms with E-state index in [-0.39, 0.29) is 35.6 Å². The summed E-state index contributed by atoms with van der Waals surface area (Å²) in [5, 5.41) is 11.0. The fourth-order valence-corrected chi connectivity index (χ4v) is 2.80. The van der Waals surface area contributed by atoms with Gasteiger partial charge in [-0.3, -0.25) is 14.9 Å². The van der Waals surface area contributed by atoms with Crippen molar-refractivity contribution >= 4 is 17.3 Å². The van der Waals surface area contributed by atoms with E-state index in [1.54, 1.807) is 12.1 Å². The predicted molar refractivity (Wildman–Crippen MR) is 89.9 cm³/mol. The van der Waals surface area contributed by atoms with Crippen molar-refractivity contribution in [3.8, 4) is 5.75 Å². The number of nitro groups is 1. The van der Waals surface area contributed by atoms with Crippen molar-refractivity contribution in [2.75, 3.05) is 4.90 Å². The van der Waals surface area contributed by atoms with Crippen LogP contribution in [0.4, 0.5) is 15.8 Å². The van der Waals surface area contributed by atoms with Crippen molar-refractivity contribution in [1.82, 2.24) is 0 Å². The van der Waals surface area contributed by atoms with Crippen molar-refractivity contribution in [2.45, 2.75) is 26.5 Å². The molecule has 1 atom stereocenters. The summed E-state index contributed by atoms with van der Waals surface area (Å²) < 4.78 is 19.2. The summed E-state index contributed by atoms with van der Waals surface area (Å²) in [6, 6.07) is 10.1. The Morgan fingerprint density at radius 3 is 2.68 bits per heavy atom. The Morgan fingerprint density at radius 2 is 2.04 bits per heavy atom. The van der Waals surface area contributed by atoms with Crippen LogP contribution >= 0.6 is 0 Å². The molecule has 1 aliphatic heterocycles. The molecule has 0 saturated heterocycles. The second-order valence-corrected chi connectivity index (χ2v) is 6.25. The molecule has 7 heteroatoms. The minimum Gasteiger partial charge on any atom is -0.478 e. The molecule has 0 aliphatic carbocycles. The van der Waals surface area contributed by atoms with Crippen LogP contribution in [0.15, 0.2) is 42.5 Å². The number of non-ortho nitro benzene ring substituents is 1. The summed E-state index contributed by atoms with van der Waals surface area (Å²) in [6.07, 6.45) is -0.747. The van der Waals surface area contributed by atoms with Crippen molar-refractivity contribution in [1.29, 1.82) is 0 Å². The number of fused-ring (bicyclic) bond motifs is 1. The summed E-state index contributed by atoms with van der Waals surface area (Å²) >= 11 is 0. The number of ether oxygens (including phenoxy) is 1. The standard InChI is InChI=1S/C18H17FN2O4/c1-11(2)17-18(22)20(10-12-4-3-5-13(19)8-12)15-7-6-14(21(23)24)9-16(15)25-17/h3-9,11,17H,10H2,1-2H3. The number of nitro benzene ring substituents is 1. The molecule has 0 fully saturated rings. The molecule has 1 unspecified atom stereocenters. The van der Waals surface area contributed by atoms with E-state index in [2.05, 4.69) is 0 Å². The van der Waals surface area contributed by atoms with Crippen LogP contribution in [-0.4, -0.2) is 16.9 Å². The number of anilines is 1. The summed E-state index contributed by atoms with van der Waals surface area (Å²) in [6.45, 7) is 3.84. The average Bonchev–Trinajstić information content (AvgIpc) is 2.56. The quantitative estimate of drug-likeness (QED) is 0.626. The van der Waals surface area contributed by atoms with Crippen LogP contribution < -0.4 is 9.64 Å². The van der Waals surface area contributed by atoms with Crippen molar-refractivity contribution < 1.29 is 18.8 Å². The molecule has 0 radical (unpaired) electrons. The first-order valence-corrected chi connectivity index (χ1v) is 7.87. The third kappa shape index (κ3) is 3.31. The highest BCUT2D eigenvalue weighted by Crippen LogP contribution is 2.39. The molecule has 3 rings (SSSR count). The van der Waals surface area contributed by atoms with Gasteiger partial charge in [0.2, 0.25) is 0 Å². The van der Waals surface area contributed by atoms with Crippen LogP contribution in [0.5, 0.6) is 5.75 Å². The zero-order valence-corrected chi connectivity index (χ0v) is 13.8. The van der Waals surface area contributed by atoms with Gasteiger partial charge in [-0.15, -0.1) is 0 Å². The highest BCUT2D eigenvalue weighted by molar-refractivity contribution is 6.00. The van der Waals surface area contributed by atoms with Gasteiger partial charge in [0, 0.05) is 6.07 Å². The highest BCUT2D eigenvalue weighted by Gasteiger charge is 2.37. The SMILES string of the molecule is CC(C)C1Oc2cc([N+](=O)[O-])ccc2N(Cc2cccc(F)c2)C1=O. The van der Waals surface area contributed by atoms with Gasteiger partial charge in [-0.1, -0.05) is 26.0 Å². The Morgan fingerprint density at radius 1 is 1.28 bits per heavy atom. The predicted octanol–water partition coefficient (Wildman–Crippen LogP) is 3.68. The average molecular weight is 344 g/mol. The van der Waals surface area contributed by atoms with E-state index in [9.17, 15) is 19.3 Å². The molecule has 25 heavy (non-hydrogen) atoms. The van der Waals surface area contributed by atoms with Crippen LogP contribution in [-0.2, 0) is 11.3 Å². The van der Waals surface area contributed by atoms with E-state index in [0.29, 0.717) is 11.3 Å². The van der Waals surface area contributed by atoms with Crippen LogP contribution in [0.2, 0.25) is 0 Å². The molecule has 1 aliphatic rings. The first-order valence-electron chi connectivity index (χ1n) is 7.87. The summed E-state index contributed by atoms with van der Waals surface area (Å²) in [5.41, 5.74) is 0.958. The zero-order valence-electron chi connectivity index (χ0n) is 13.8. The number of rotatable bonds is 4. The first kappa shape index (κ1) is 16.9. The number of halogens is 1. The summed E-state index contributed by atoms with van der Waals surface area (Å²) in [4.78, 5) is 24.8. The largest absolute Gasteiger partial charge is 0.478 e. The molecule has 2 aromatic rings. The maximum absolute atomic E-state index is 13.5. The number of carbonyl (C=O) groups is 1. The van der Waals surface area contributed by atoms with Crippen LogP contribution in [0.3, 0.4) is 0 Å². The van der Waals surface area contributed by atoms with Gasteiger partial charge in [-0.2, -0.15) is 0 Å². The van der Waals surface area contributed by atoms with Crippen LogP contribution in [0, 0.1) is 21.8 Å². The molecule has 0 spiro atoms. The van der Waals surface area contributed by atoms with Gasteiger partial charge in [0.25, 0.3) is 11.6 Å². The molecule has 1 heterocycles. The van der Waals surface area contributed by atoms with Gasteiger partial charge in [0.1, 0.15) is 5.82 Å². The van der Waals surface area contributed by atoms with Crippen LogP contribution in [0.25, 0.3) is 0 Å². The van der Waals surface area contributed by atoms with Crippen molar-refractivity contribution in [3.63, 3.8) is 0 Å². The Hall–Kier alpha value is -2.96.